The number of aryl methyl sites for hydroxylation is 1. The number of rotatable bonds is 1. The van der Waals surface area contributed by atoms with E-state index in [4.69, 9.17) is 0 Å². The van der Waals surface area contributed by atoms with Gasteiger partial charge in [0.2, 0.25) is 0 Å². The molecule has 2 aromatic rings. The third-order valence-corrected chi connectivity index (χ3v) is 2.97. The van der Waals surface area contributed by atoms with Crippen LogP contribution in [-0.2, 0) is 0 Å². The molecule has 15 heavy (non-hydrogen) atoms. The van der Waals surface area contributed by atoms with Crippen LogP contribution < -0.4 is 11.4 Å². The van der Waals surface area contributed by atoms with E-state index in [-0.39, 0.29) is 0 Å². The molecular formula is C9H8BrN3O2. The van der Waals surface area contributed by atoms with Crippen LogP contribution in [-0.4, -0.2) is 14.8 Å². The van der Waals surface area contributed by atoms with Gasteiger partial charge >= 0.3 is 11.4 Å². The summed E-state index contributed by atoms with van der Waals surface area (Å²) in [5, 5.41) is 4.46. The molecule has 0 spiro atoms. The minimum absolute atomic E-state index is 0.471. The van der Waals surface area contributed by atoms with Gasteiger partial charge in [-0.05, 0) is 30.7 Å². The highest BCUT2D eigenvalue weighted by atomic mass is 79.9. The molecule has 6 heteroatoms. The highest BCUT2D eigenvalue weighted by Crippen LogP contribution is 2.17. The van der Waals surface area contributed by atoms with Gasteiger partial charge in [0.25, 0.3) is 0 Å². The second-order valence-electron chi connectivity index (χ2n) is 3.13. The van der Waals surface area contributed by atoms with E-state index in [2.05, 4.69) is 26.1 Å². The molecule has 78 valence electrons. The van der Waals surface area contributed by atoms with Crippen molar-refractivity contribution in [3.63, 3.8) is 0 Å². The fourth-order valence-electron chi connectivity index (χ4n) is 1.31. The number of hydrogen-bond acceptors (Lipinski definition) is 2. The van der Waals surface area contributed by atoms with Crippen molar-refractivity contribution in [2.24, 2.45) is 0 Å². The molecule has 1 aromatic carbocycles. The molecule has 0 unspecified atom stereocenters. The van der Waals surface area contributed by atoms with Gasteiger partial charge in [-0.2, -0.15) is 0 Å². The first-order valence-electron chi connectivity index (χ1n) is 4.26. The lowest BCUT2D eigenvalue weighted by Gasteiger charge is -2.02. The Hall–Kier alpha value is -1.56. The Balaban J connectivity index is 2.70. The number of nitrogens with one attached hydrogen (secondary N) is 2. The maximum absolute atomic E-state index is 11.3. The molecule has 1 aromatic heterocycles. The van der Waals surface area contributed by atoms with E-state index in [1.807, 2.05) is 6.92 Å². The second-order valence-corrected chi connectivity index (χ2v) is 3.98. The molecule has 0 aliphatic rings. The number of aromatic nitrogens is 3. The van der Waals surface area contributed by atoms with Gasteiger partial charge in [0.15, 0.2) is 0 Å². The highest BCUT2D eigenvalue weighted by molar-refractivity contribution is 9.10. The summed E-state index contributed by atoms with van der Waals surface area (Å²) < 4.78 is 1.98. The van der Waals surface area contributed by atoms with E-state index < -0.39 is 11.4 Å². The average molecular weight is 270 g/mol. The van der Waals surface area contributed by atoms with Crippen LogP contribution in [0.25, 0.3) is 5.69 Å². The monoisotopic (exact) mass is 269 g/mol. The van der Waals surface area contributed by atoms with Gasteiger partial charge in [-0.25, -0.2) is 24.4 Å². The zero-order valence-electron chi connectivity index (χ0n) is 7.87. The van der Waals surface area contributed by atoms with Gasteiger partial charge < -0.3 is 0 Å². The minimum Gasteiger partial charge on any atom is -0.247 e. The molecule has 0 atom stereocenters. The summed E-state index contributed by atoms with van der Waals surface area (Å²) in [5.41, 5.74) is 0.562. The van der Waals surface area contributed by atoms with Crippen LogP contribution in [0.3, 0.4) is 0 Å². The molecule has 2 N–H and O–H groups in total. The Morgan fingerprint density at radius 1 is 1.20 bits per heavy atom. The Bertz CT molecular complexity index is 581. The van der Waals surface area contributed by atoms with Crippen molar-refractivity contribution in [3.8, 4) is 5.69 Å². The fraction of sp³-hybridized carbons (Fsp3) is 0.111. The summed E-state index contributed by atoms with van der Waals surface area (Å²) in [5.74, 6) is 0. The van der Waals surface area contributed by atoms with Crippen molar-refractivity contribution in [3.05, 3.63) is 49.2 Å². The Morgan fingerprint density at radius 3 is 2.33 bits per heavy atom. The van der Waals surface area contributed by atoms with Crippen molar-refractivity contribution in [1.29, 1.82) is 0 Å². The van der Waals surface area contributed by atoms with Gasteiger partial charge in [0.1, 0.15) is 0 Å². The van der Waals surface area contributed by atoms with Crippen molar-refractivity contribution in [2.45, 2.75) is 6.92 Å². The van der Waals surface area contributed by atoms with Gasteiger partial charge in [0, 0.05) is 4.47 Å². The molecule has 0 fully saturated rings. The van der Waals surface area contributed by atoms with E-state index in [1.165, 1.54) is 0 Å². The largest absolute Gasteiger partial charge is 0.348 e. The van der Waals surface area contributed by atoms with Crippen molar-refractivity contribution in [2.75, 3.05) is 0 Å². The Kier molecular flexibility index (Phi) is 2.36. The summed E-state index contributed by atoms with van der Waals surface area (Å²) >= 11 is 3.35. The molecular weight excluding hydrogens is 262 g/mol. The Labute approximate surface area is 92.9 Å². The quantitative estimate of drug-likeness (QED) is 0.809. The van der Waals surface area contributed by atoms with Crippen LogP contribution in [0.5, 0.6) is 0 Å². The average Bonchev–Trinajstić information content (AvgIpc) is 2.52. The number of halogens is 1. The molecule has 0 radical (unpaired) electrons. The molecule has 2 rings (SSSR count). The predicted molar refractivity (Wildman–Crippen MR) is 59.4 cm³/mol. The van der Waals surface area contributed by atoms with Crippen LogP contribution in [0.15, 0.2) is 32.3 Å². The third kappa shape index (κ3) is 1.68. The first-order chi connectivity index (χ1) is 7.09. The van der Waals surface area contributed by atoms with Gasteiger partial charge in [-0.1, -0.05) is 15.9 Å². The molecule has 1 heterocycles. The first kappa shape index (κ1) is 9.97. The van der Waals surface area contributed by atoms with E-state index in [9.17, 15) is 9.59 Å². The van der Waals surface area contributed by atoms with Gasteiger partial charge in [0.05, 0.1) is 5.69 Å². The van der Waals surface area contributed by atoms with Gasteiger partial charge in [-0.15, -0.1) is 0 Å². The topological polar surface area (TPSA) is 70.7 Å². The van der Waals surface area contributed by atoms with Crippen LogP contribution in [0, 0.1) is 6.92 Å². The van der Waals surface area contributed by atoms with Crippen LogP contribution in [0.4, 0.5) is 0 Å². The maximum Gasteiger partial charge on any atom is 0.348 e. The van der Waals surface area contributed by atoms with Crippen molar-refractivity contribution >= 4 is 15.9 Å². The lowest BCUT2D eigenvalue weighted by Crippen LogP contribution is -2.24. The zero-order chi connectivity index (χ0) is 11.0. The summed E-state index contributed by atoms with van der Waals surface area (Å²) in [4.78, 5) is 22.6. The van der Waals surface area contributed by atoms with Crippen molar-refractivity contribution in [1.82, 2.24) is 14.8 Å². The summed E-state index contributed by atoms with van der Waals surface area (Å²) in [6.07, 6.45) is 0. The van der Waals surface area contributed by atoms with Gasteiger partial charge in [-0.3, -0.25) is 0 Å². The molecule has 0 saturated carbocycles. The molecule has 0 bridgehead atoms. The van der Waals surface area contributed by atoms with E-state index >= 15 is 0 Å². The molecule has 5 nitrogen and oxygen atoms in total. The number of aromatic amines is 2. The smallest absolute Gasteiger partial charge is 0.247 e. The number of H-pyrrole nitrogens is 2. The lowest BCUT2D eigenvalue weighted by atomic mass is 10.2. The number of nitrogens with zero attached hydrogens (tertiary/aromatic N) is 1. The van der Waals surface area contributed by atoms with E-state index in [0.717, 1.165) is 14.6 Å². The number of benzene rings is 1. The molecule has 0 amide bonds. The van der Waals surface area contributed by atoms with Crippen LogP contribution in [0.1, 0.15) is 5.56 Å². The Morgan fingerprint density at radius 2 is 1.80 bits per heavy atom. The van der Waals surface area contributed by atoms with Crippen LogP contribution in [0.2, 0.25) is 0 Å². The first-order valence-corrected chi connectivity index (χ1v) is 5.05. The standard InChI is InChI=1S/C9H8BrN3O2/c1-5-4-6(2-3-7(5)10)13-8(14)11-12-9(13)15/h2-4H,1H3,(H,11,14)(H,12,15). The van der Waals surface area contributed by atoms with E-state index in [1.54, 1.807) is 18.2 Å². The summed E-state index contributed by atoms with van der Waals surface area (Å²) in [6, 6.07) is 5.25. The maximum atomic E-state index is 11.3. The third-order valence-electron chi connectivity index (χ3n) is 2.08. The van der Waals surface area contributed by atoms with Crippen molar-refractivity contribution < 1.29 is 0 Å². The number of hydrogen-bond donors (Lipinski definition) is 2. The summed E-state index contributed by atoms with van der Waals surface area (Å²) in [6.45, 7) is 1.89. The predicted octanol–water partition coefficient (Wildman–Crippen LogP) is 0.925. The van der Waals surface area contributed by atoms with Crippen LogP contribution >= 0.6 is 15.9 Å². The lowest BCUT2D eigenvalue weighted by molar-refractivity contribution is 0.949. The normalized spacial score (nSPS) is 10.5. The second kappa shape index (κ2) is 3.54. The molecule has 0 aliphatic heterocycles. The summed E-state index contributed by atoms with van der Waals surface area (Å²) in [7, 11) is 0. The van der Waals surface area contributed by atoms with E-state index in [0.29, 0.717) is 5.69 Å². The zero-order valence-corrected chi connectivity index (χ0v) is 9.46. The highest BCUT2D eigenvalue weighted by Gasteiger charge is 2.06. The SMILES string of the molecule is Cc1cc(-n2c(=O)[nH][nH]c2=O)ccc1Br. The fourth-order valence-corrected chi connectivity index (χ4v) is 1.56. The minimum atomic E-state index is -0.471. The molecule has 0 saturated heterocycles. The molecule has 0 aliphatic carbocycles.